The highest BCUT2D eigenvalue weighted by molar-refractivity contribution is 8.13. The van der Waals surface area contributed by atoms with E-state index in [2.05, 4.69) is 31.1 Å². The Hall–Kier alpha value is -0.220. The third kappa shape index (κ3) is 3.89. The Kier molecular flexibility index (Phi) is 5.37. The summed E-state index contributed by atoms with van der Waals surface area (Å²) in [5, 5.41) is 4.83. The monoisotopic (exact) mass is 269 g/mol. The van der Waals surface area contributed by atoms with Crippen molar-refractivity contribution in [3.63, 3.8) is 0 Å². The molecule has 1 saturated carbocycles. The zero-order valence-electron chi connectivity index (χ0n) is 12.0. The van der Waals surface area contributed by atoms with Crippen molar-refractivity contribution in [3.8, 4) is 0 Å². The number of nitrogens with one attached hydrogen (secondary N) is 1. The molecular weight excluding hydrogens is 242 g/mol. The van der Waals surface area contributed by atoms with E-state index < -0.39 is 0 Å². The van der Waals surface area contributed by atoms with Crippen molar-refractivity contribution in [2.24, 2.45) is 10.9 Å². The van der Waals surface area contributed by atoms with Crippen LogP contribution in [0.15, 0.2) is 4.99 Å². The summed E-state index contributed by atoms with van der Waals surface area (Å²) >= 11 is 1.93. The molecule has 0 aromatic heterocycles. The van der Waals surface area contributed by atoms with Crippen molar-refractivity contribution in [1.29, 1.82) is 0 Å². The molecule has 2 unspecified atom stereocenters. The van der Waals surface area contributed by atoms with E-state index in [0.29, 0.717) is 6.04 Å². The number of fused-ring (bicyclic) bond motifs is 1. The molecule has 1 aliphatic carbocycles. The Morgan fingerprint density at radius 2 is 2.28 bits per heavy atom. The predicted octanol–water partition coefficient (Wildman–Crippen LogP) is 2.58. The third-order valence-electron chi connectivity index (χ3n) is 4.21. The first-order chi connectivity index (χ1) is 8.66. The second kappa shape index (κ2) is 6.80. The summed E-state index contributed by atoms with van der Waals surface area (Å²) in [7, 11) is 2.19. The maximum Gasteiger partial charge on any atom is 0.156 e. The smallest absolute Gasteiger partial charge is 0.156 e. The molecule has 0 aromatic rings. The SMILES string of the molecule is CC(C)N(C)CCCN=C1NC2CCCC2CS1. The second-order valence-electron chi connectivity index (χ2n) is 5.87. The average Bonchev–Trinajstić information content (AvgIpc) is 2.81. The van der Waals surface area contributed by atoms with Gasteiger partial charge in [-0.15, -0.1) is 0 Å². The molecule has 1 N–H and O–H groups in total. The minimum Gasteiger partial charge on any atom is -0.362 e. The van der Waals surface area contributed by atoms with Gasteiger partial charge in [-0.3, -0.25) is 4.99 Å². The van der Waals surface area contributed by atoms with E-state index in [0.717, 1.165) is 31.5 Å². The van der Waals surface area contributed by atoms with Crippen LogP contribution in [0, 0.1) is 5.92 Å². The van der Waals surface area contributed by atoms with Crippen LogP contribution in [-0.2, 0) is 0 Å². The topological polar surface area (TPSA) is 27.6 Å². The fraction of sp³-hybridized carbons (Fsp3) is 0.929. The highest BCUT2D eigenvalue weighted by atomic mass is 32.2. The molecule has 1 heterocycles. The van der Waals surface area contributed by atoms with E-state index in [-0.39, 0.29) is 0 Å². The minimum absolute atomic E-state index is 0.638. The quantitative estimate of drug-likeness (QED) is 0.777. The molecule has 0 bridgehead atoms. The molecule has 0 aromatic carbocycles. The second-order valence-corrected chi connectivity index (χ2v) is 6.88. The summed E-state index contributed by atoms with van der Waals surface area (Å²) in [6.07, 6.45) is 5.32. The third-order valence-corrected chi connectivity index (χ3v) is 5.32. The van der Waals surface area contributed by atoms with Crippen molar-refractivity contribution in [1.82, 2.24) is 10.2 Å². The molecule has 2 fully saturated rings. The summed E-state index contributed by atoms with van der Waals surface area (Å²) in [5.74, 6) is 2.18. The standard InChI is InChI=1S/C14H27N3S/c1-11(2)17(3)9-5-8-15-14-16-13-7-4-6-12(13)10-18-14/h11-13H,4-10H2,1-3H3,(H,15,16). The van der Waals surface area contributed by atoms with E-state index in [4.69, 9.17) is 4.99 Å². The van der Waals surface area contributed by atoms with Gasteiger partial charge in [-0.2, -0.15) is 0 Å². The molecule has 0 spiro atoms. The minimum atomic E-state index is 0.638. The van der Waals surface area contributed by atoms with Gasteiger partial charge in [0.2, 0.25) is 0 Å². The van der Waals surface area contributed by atoms with E-state index in [1.165, 1.54) is 30.2 Å². The summed E-state index contributed by atoms with van der Waals surface area (Å²) < 4.78 is 0. The molecule has 104 valence electrons. The molecule has 4 heteroatoms. The molecule has 2 rings (SSSR count). The van der Waals surface area contributed by atoms with Crippen LogP contribution in [0.4, 0.5) is 0 Å². The van der Waals surface area contributed by atoms with Gasteiger partial charge < -0.3 is 10.2 Å². The van der Waals surface area contributed by atoms with E-state index in [1.54, 1.807) is 0 Å². The molecule has 0 radical (unpaired) electrons. The van der Waals surface area contributed by atoms with Gasteiger partial charge in [0.25, 0.3) is 0 Å². The van der Waals surface area contributed by atoms with Crippen LogP contribution in [0.25, 0.3) is 0 Å². The number of thioether (sulfide) groups is 1. The van der Waals surface area contributed by atoms with Crippen LogP contribution in [0.2, 0.25) is 0 Å². The molecule has 0 amide bonds. The maximum atomic E-state index is 4.72. The van der Waals surface area contributed by atoms with E-state index in [9.17, 15) is 0 Å². The average molecular weight is 269 g/mol. The Labute approximate surface area is 116 Å². The van der Waals surface area contributed by atoms with Crippen LogP contribution in [0.1, 0.15) is 39.5 Å². The number of rotatable bonds is 5. The van der Waals surface area contributed by atoms with Crippen LogP contribution >= 0.6 is 11.8 Å². The summed E-state index contributed by atoms with van der Waals surface area (Å²) in [4.78, 5) is 7.10. The molecule has 3 nitrogen and oxygen atoms in total. The zero-order chi connectivity index (χ0) is 13.0. The summed E-state index contributed by atoms with van der Waals surface area (Å²) in [6, 6.07) is 1.36. The van der Waals surface area contributed by atoms with Gasteiger partial charge in [0, 0.05) is 24.4 Å². The van der Waals surface area contributed by atoms with Crippen molar-refractivity contribution >= 4 is 16.9 Å². The highest BCUT2D eigenvalue weighted by Crippen LogP contribution is 2.32. The Balaban J connectivity index is 1.67. The fourth-order valence-electron chi connectivity index (χ4n) is 2.66. The number of hydrogen-bond acceptors (Lipinski definition) is 3. The lowest BCUT2D eigenvalue weighted by Gasteiger charge is -2.28. The zero-order valence-corrected chi connectivity index (χ0v) is 12.8. The van der Waals surface area contributed by atoms with Crippen molar-refractivity contribution in [2.75, 3.05) is 25.9 Å². The molecular formula is C14H27N3S. The number of nitrogens with zero attached hydrogens (tertiary/aromatic N) is 2. The van der Waals surface area contributed by atoms with Crippen molar-refractivity contribution in [3.05, 3.63) is 0 Å². The maximum absolute atomic E-state index is 4.72. The van der Waals surface area contributed by atoms with Gasteiger partial charge in [0.1, 0.15) is 0 Å². The summed E-state index contributed by atoms with van der Waals surface area (Å²) in [6.45, 7) is 6.59. The number of aliphatic imine (C=N–C) groups is 1. The van der Waals surface area contributed by atoms with Gasteiger partial charge in [-0.05, 0) is 52.6 Å². The fourth-order valence-corrected chi connectivity index (χ4v) is 3.85. The van der Waals surface area contributed by atoms with Crippen LogP contribution in [0.5, 0.6) is 0 Å². The lowest BCUT2D eigenvalue weighted by Crippen LogP contribution is -2.41. The molecule has 18 heavy (non-hydrogen) atoms. The first-order valence-corrected chi connectivity index (χ1v) is 8.29. The van der Waals surface area contributed by atoms with Crippen molar-refractivity contribution < 1.29 is 0 Å². The molecule has 1 aliphatic heterocycles. The van der Waals surface area contributed by atoms with Gasteiger partial charge in [0.05, 0.1) is 0 Å². The molecule has 1 saturated heterocycles. The Morgan fingerprint density at radius 1 is 1.44 bits per heavy atom. The predicted molar refractivity (Wildman–Crippen MR) is 81.4 cm³/mol. The first-order valence-electron chi connectivity index (χ1n) is 7.31. The van der Waals surface area contributed by atoms with Crippen LogP contribution in [0.3, 0.4) is 0 Å². The molecule has 2 atom stereocenters. The number of amidine groups is 1. The summed E-state index contributed by atoms with van der Waals surface area (Å²) in [5.41, 5.74) is 0. The van der Waals surface area contributed by atoms with Gasteiger partial charge in [-0.1, -0.05) is 18.2 Å². The largest absolute Gasteiger partial charge is 0.362 e. The van der Waals surface area contributed by atoms with E-state index in [1.807, 2.05) is 11.8 Å². The van der Waals surface area contributed by atoms with Crippen molar-refractivity contribution in [2.45, 2.75) is 51.6 Å². The lowest BCUT2D eigenvalue weighted by molar-refractivity contribution is 0.272. The van der Waals surface area contributed by atoms with Gasteiger partial charge in [0.15, 0.2) is 5.17 Å². The Morgan fingerprint density at radius 3 is 3.06 bits per heavy atom. The first kappa shape index (κ1) is 14.2. The Bertz CT molecular complexity index is 291. The van der Waals surface area contributed by atoms with Gasteiger partial charge in [-0.25, -0.2) is 0 Å². The van der Waals surface area contributed by atoms with Gasteiger partial charge >= 0.3 is 0 Å². The lowest BCUT2D eigenvalue weighted by atomic mass is 10.1. The van der Waals surface area contributed by atoms with Crippen LogP contribution in [-0.4, -0.2) is 48.0 Å². The van der Waals surface area contributed by atoms with E-state index >= 15 is 0 Å². The number of hydrogen-bond donors (Lipinski definition) is 1. The highest BCUT2D eigenvalue weighted by Gasteiger charge is 2.31. The normalized spacial score (nSPS) is 29.9. The molecule has 2 aliphatic rings. The van der Waals surface area contributed by atoms with Crippen LogP contribution < -0.4 is 5.32 Å².